The van der Waals surface area contributed by atoms with Crippen molar-refractivity contribution in [2.45, 2.75) is 26.2 Å². The minimum Gasteiger partial charge on any atom is -0.299 e. The number of anilines is 1. The van der Waals surface area contributed by atoms with Crippen LogP contribution in [0.15, 0.2) is 12.2 Å². The first-order valence-corrected chi connectivity index (χ1v) is 9.06. The van der Waals surface area contributed by atoms with E-state index in [2.05, 4.69) is 15.5 Å². The summed E-state index contributed by atoms with van der Waals surface area (Å²) < 4.78 is 0. The van der Waals surface area contributed by atoms with Crippen LogP contribution in [0.4, 0.5) is 5.13 Å². The number of nitrogens with zero attached hydrogens (tertiary/aromatic N) is 3. The highest BCUT2D eigenvalue weighted by Crippen LogP contribution is 2.52. The Labute approximate surface area is 143 Å². The van der Waals surface area contributed by atoms with E-state index in [9.17, 15) is 14.4 Å². The Morgan fingerprint density at radius 3 is 2.54 bits per heavy atom. The predicted octanol–water partition coefficient (Wildman–Crippen LogP) is 1.24. The first-order valence-electron chi connectivity index (χ1n) is 8.24. The molecule has 1 aromatic heterocycles. The van der Waals surface area contributed by atoms with Crippen LogP contribution in [-0.2, 0) is 20.8 Å². The quantitative estimate of drug-likeness (QED) is 0.640. The number of allylic oxidation sites excluding steroid dienone is 2. The number of carbonyl (C=O) groups excluding carboxylic acids is 3. The first kappa shape index (κ1) is 15.4. The first-order chi connectivity index (χ1) is 11.6. The Bertz CT molecular complexity index is 713. The monoisotopic (exact) mass is 346 g/mol. The molecule has 0 spiro atoms. The smallest absolute Gasteiger partial charge is 0.246 e. The summed E-state index contributed by atoms with van der Waals surface area (Å²) in [6.07, 6.45) is 6.74. The number of likely N-dealkylation sites (tertiary alicyclic amines) is 1. The van der Waals surface area contributed by atoms with Crippen LogP contribution in [0.5, 0.6) is 0 Å². The van der Waals surface area contributed by atoms with Gasteiger partial charge in [0.05, 0.1) is 11.8 Å². The number of carbonyl (C=O) groups is 3. The van der Waals surface area contributed by atoms with Crippen molar-refractivity contribution in [2.75, 3.05) is 11.9 Å². The normalized spacial score (nSPS) is 30.3. The van der Waals surface area contributed by atoms with Crippen molar-refractivity contribution in [3.63, 3.8) is 0 Å². The number of aromatic nitrogens is 2. The summed E-state index contributed by atoms with van der Waals surface area (Å²) in [6, 6.07) is 0. The Kier molecular flexibility index (Phi) is 3.71. The third kappa shape index (κ3) is 2.36. The summed E-state index contributed by atoms with van der Waals surface area (Å²) >= 11 is 1.32. The van der Waals surface area contributed by atoms with Crippen LogP contribution >= 0.6 is 11.3 Å². The van der Waals surface area contributed by atoms with Gasteiger partial charge >= 0.3 is 0 Å². The van der Waals surface area contributed by atoms with Crippen LogP contribution in [0.2, 0.25) is 0 Å². The standard InChI is InChI=1S/C16H18N4O3S/c1-2-3-11-18-19-16(24-11)17-10(21)7-20-14(22)12-8-4-5-9(6-8)13(12)15(20)23/h4-5,8-9,12-13H,2-3,6-7H2,1H3,(H,17,19,21)/t8-,9-,12-,13-/m0/s1. The molecule has 7 nitrogen and oxygen atoms in total. The molecular formula is C16H18N4O3S. The van der Waals surface area contributed by atoms with Gasteiger partial charge in [0.25, 0.3) is 0 Å². The highest BCUT2D eigenvalue weighted by atomic mass is 32.1. The lowest BCUT2D eigenvalue weighted by Crippen LogP contribution is -2.39. The van der Waals surface area contributed by atoms with Gasteiger partial charge in [-0.3, -0.25) is 24.6 Å². The lowest BCUT2D eigenvalue weighted by molar-refractivity contribution is -0.143. The predicted molar refractivity (Wildman–Crippen MR) is 87.0 cm³/mol. The molecule has 2 fully saturated rings. The average molecular weight is 346 g/mol. The molecule has 0 aromatic carbocycles. The van der Waals surface area contributed by atoms with Gasteiger partial charge in [-0.2, -0.15) is 0 Å². The zero-order chi connectivity index (χ0) is 16.8. The Morgan fingerprint density at radius 2 is 1.92 bits per heavy atom. The minimum atomic E-state index is -0.406. The molecule has 2 aliphatic carbocycles. The van der Waals surface area contributed by atoms with E-state index in [0.717, 1.165) is 29.2 Å². The number of rotatable bonds is 5. The number of imide groups is 1. The zero-order valence-corrected chi connectivity index (χ0v) is 14.1. The van der Waals surface area contributed by atoms with Crippen molar-refractivity contribution in [3.05, 3.63) is 17.2 Å². The van der Waals surface area contributed by atoms with E-state index in [-0.39, 0.29) is 42.0 Å². The lowest BCUT2D eigenvalue weighted by Gasteiger charge is -2.16. The number of fused-ring (bicyclic) bond motifs is 5. The molecule has 1 saturated heterocycles. The largest absolute Gasteiger partial charge is 0.299 e. The summed E-state index contributed by atoms with van der Waals surface area (Å²) in [7, 11) is 0. The number of amides is 3. The maximum Gasteiger partial charge on any atom is 0.246 e. The van der Waals surface area contributed by atoms with Crippen LogP contribution in [0.3, 0.4) is 0 Å². The minimum absolute atomic E-state index is 0.157. The summed E-state index contributed by atoms with van der Waals surface area (Å²) in [4.78, 5) is 38.4. The van der Waals surface area contributed by atoms with E-state index in [0.29, 0.717) is 5.13 Å². The fourth-order valence-electron chi connectivity index (χ4n) is 4.04. The van der Waals surface area contributed by atoms with Crippen molar-refractivity contribution in [2.24, 2.45) is 23.7 Å². The maximum absolute atomic E-state index is 12.5. The fraction of sp³-hybridized carbons (Fsp3) is 0.562. The van der Waals surface area contributed by atoms with E-state index in [1.54, 1.807) is 0 Å². The summed E-state index contributed by atoms with van der Waals surface area (Å²) in [5.74, 6) is -1.04. The third-order valence-electron chi connectivity index (χ3n) is 5.04. The van der Waals surface area contributed by atoms with E-state index in [1.165, 1.54) is 11.3 Å². The Hall–Kier alpha value is -2.09. The third-order valence-corrected chi connectivity index (χ3v) is 5.94. The Balaban J connectivity index is 1.41. The van der Waals surface area contributed by atoms with Gasteiger partial charge in [0.15, 0.2) is 0 Å². The van der Waals surface area contributed by atoms with E-state index < -0.39 is 5.91 Å². The molecule has 8 heteroatoms. The van der Waals surface area contributed by atoms with Crippen LogP contribution < -0.4 is 5.32 Å². The number of nitrogens with one attached hydrogen (secondary N) is 1. The molecule has 126 valence electrons. The highest BCUT2D eigenvalue weighted by molar-refractivity contribution is 7.15. The summed E-state index contributed by atoms with van der Waals surface area (Å²) in [5.41, 5.74) is 0. The summed E-state index contributed by atoms with van der Waals surface area (Å²) in [5, 5.41) is 11.8. The van der Waals surface area contributed by atoms with Crippen molar-refractivity contribution < 1.29 is 14.4 Å². The average Bonchev–Trinajstić information content (AvgIpc) is 3.30. The van der Waals surface area contributed by atoms with Gasteiger partial charge in [-0.15, -0.1) is 10.2 Å². The number of hydrogen-bond acceptors (Lipinski definition) is 6. The molecule has 3 aliphatic rings. The van der Waals surface area contributed by atoms with E-state index in [1.807, 2.05) is 19.1 Å². The highest BCUT2D eigenvalue weighted by Gasteiger charge is 2.59. The molecule has 4 atom stereocenters. The molecule has 2 heterocycles. The fourth-order valence-corrected chi connectivity index (χ4v) is 4.90. The van der Waals surface area contributed by atoms with Crippen LogP contribution in [0.25, 0.3) is 0 Å². The van der Waals surface area contributed by atoms with Gasteiger partial charge in [0.2, 0.25) is 22.9 Å². The van der Waals surface area contributed by atoms with Crippen molar-refractivity contribution >= 4 is 34.2 Å². The second-order valence-electron chi connectivity index (χ2n) is 6.56. The van der Waals surface area contributed by atoms with Gasteiger partial charge in [-0.1, -0.05) is 30.4 Å². The molecule has 3 amide bonds. The van der Waals surface area contributed by atoms with Crippen LogP contribution in [0, 0.1) is 23.7 Å². The number of hydrogen-bond donors (Lipinski definition) is 1. The van der Waals surface area contributed by atoms with Crippen molar-refractivity contribution in [1.29, 1.82) is 0 Å². The number of aryl methyl sites for hydroxylation is 1. The van der Waals surface area contributed by atoms with Crippen LogP contribution in [0.1, 0.15) is 24.8 Å². The second kappa shape index (κ2) is 5.77. The van der Waals surface area contributed by atoms with E-state index in [4.69, 9.17) is 0 Å². The van der Waals surface area contributed by atoms with Crippen LogP contribution in [-0.4, -0.2) is 39.4 Å². The molecule has 1 N–H and O–H groups in total. The van der Waals surface area contributed by atoms with E-state index >= 15 is 0 Å². The SMILES string of the molecule is CCCc1nnc(NC(=O)CN2C(=O)[C@@H]3[C@@H](C2=O)[C@H]2C=C[C@H]3C2)s1. The summed E-state index contributed by atoms with van der Waals surface area (Å²) in [6.45, 7) is 1.80. The maximum atomic E-state index is 12.5. The van der Waals surface area contributed by atoms with Gasteiger partial charge in [-0.25, -0.2) is 0 Å². The molecule has 1 aliphatic heterocycles. The van der Waals surface area contributed by atoms with Gasteiger partial charge in [-0.05, 0) is 24.7 Å². The molecule has 2 bridgehead atoms. The topological polar surface area (TPSA) is 92.3 Å². The van der Waals surface area contributed by atoms with Gasteiger partial charge in [0, 0.05) is 6.42 Å². The lowest BCUT2D eigenvalue weighted by atomic mass is 9.85. The van der Waals surface area contributed by atoms with Gasteiger partial charge < -0.3 is 0 Å². The molecule has 1 saturated carbocycles. The molecule has 1 aromatic rings. The molecular weight excluding hydrogens is 328 g/mol. The van der Waals surface area contributed by atoms with Gasteiger partial charge in [0.1, 0.15) is 11.6 Å². The second-order valence-corrected chi connectivity index (χ2v) is 7.62. The molecule has 24 heavy (non-hydrogen) atoms. The molecule has 0 radical (unpaired) electrons. The Morgan fingerprint density at radius 1 is 1.25 bits per heavy atom. The zero-order valence-electron chi connectivity index (χ0n) is 13.3. The van der Waals surface area contributed by atoms with Crippen molar-refractivity contribution in [1.82, 2.24) is 15.1 Å². The molecule has 4 rings (SSSR count). The molecule has 0 unspecified atom stereocenters. The van der Waals surface area contributed by atoms with Crippen molar-refractivity contribution in [3.8, 4) is 0 Å².